The average molecular weight is 497 g/mol. The molecule has 0 atom stereocenters. The summed E-state index contributed by atoms with van der Waals surface area (Å²) in [5.74, 6) is 1.55. The molecule has 7 heteroatoms. The standard InChI is InChI=1S/C21H28FN5.HI/c1-23-20(26-14-5-4-13-25-19-9-2-3-12-24-19)27-16-21(10-11-21)17-7-6-8-18(22)15-17;/h2-3,6-9,12,15H,4-5,10-11,13-14,16H2,1H3,(H,24,25)(H2,23,26,27);1H. The molecule has 0 saturated heterocycles. The Balaban J connectivity index is 0.00000280. The van der Waals surface area contributed by atoms with E-state index in [-0.39, 0.29) is 35.2 Å². The van der Waals surface area contributed by atoms with E-state index in [2.05, 4.69) is 25.9 Å². The molecule has 0 aliphatic heterocycles. The number of nitrogens with zero attached hydrogens (tertiary/aromatic N) is 2. The zero-order valence-corrected chi connectivity index (χ0v) is 18.6. The quantitative estimate of drug-likeness (QED) is 0.213. The molecular formula is C21H29FIN5. The molecule has 1 aliphatic carbocycles. The smallest absolute Gasteiger partial charge is 0.191 e. The molecular weight excluding hydrogens is 468 g/mol. The van der Waals surface area contributed by atoms with Gasteiger partial charge in [0.05, 0.1) is 0 Å². The van der Waals surface area contributed by atoms with Gasteiger partial charge in [0.1, 0.15) is 11.6 Å². The third-order valence-electron chi connectivity index (χ3n) is 4.98. The maximum atomic E-state index is 13.5. The summed E-state index contributed by atoms with van der Waals surface area (Å²) < 4.78 is 13.5. The Bertz CT molecular complexity index is 749. The highest BCUT2D eigenvalue weighted by molar-refractivity contribution is 14.0. The Hall–Kier alpha value is -1.90. The number of halogens is 2. The first kappa shape index (κ1) is 22.4. The van der Waals surface area contributed by atoms with Crippen molar-refractivity contribution < 1.29 is 4.39 Å². The summed E-state index contributed by atoms with van der Waals surface area (Å²) in [4.78, 5) is 8.53. The van der Waals surface area contributed by atoms with Crippen LogP contribution in [-0.2, 0) is 5.41 Å². The van der Waals surface area contributed by atoms with Gasteiger partial charge in [0, 0.05) is 38.3 Å². The molecule has 152 valence electrons. The molecule has 3 N–H and O–H groups in total. The number of hydrogen-bond donors (Lipinski definition) is 3. The molecule has 1 aromatic heterocycles. The fourth-order valence-corrected chi connectivity index (χ4v) is 3.15. The monoisotopic (exact) mass is 497 g/mol. The zero-order chi connectivity index (χ0) is 19.0. The first-order chi connectivity index (χ1) is 13.2. The van der Waals surface area contributed by atoms with Gasteiger partial charge in [-0.2, -0.15) is 0 Å². The lowest BCUT2D eigenvalue weighted by molar-refractivity contribution is 0.606. The minimum Gasteiger partial charge on any atom is -0.370 e. The van der Waals surface area contributed by atoms with E-state index in [9.17, 15) is 4.39 Å². The number of hydrogen-bond acceptors (Lipinski definition) is 3. The highest BCUT2D eigenvalue weighted by Crippen LogP contribution is 2.47. The Kier molecular flexibility index (Phi) is 8.95. The number of unbranched alkanes of at least 4 members (excludes halogenated alkanes) is 1. The molecule has 0 unspecified atom stereocenters. The topological polar surface area (TPSA) is 61.3 Å². The predicted molar refractivity (Wildman–Crippen MR) is 124 cm³/mol. The molecule has 1 heterocycles. The minimum atomic E-state index is -0.166. The first-order valence-corrected chi connectivity index (χ1v) is 9.57. The zero-order valence-electron chi connectivity index (χ0n) is 16.2. The molecule has 1 fully saturated rings. The van der Waals surface area contributed by atoms with Crippen molar-refractivity contribution in [2.45, 2.75) is 31.1 Å². The molecule has 3 rings (SSSR count). The second-order valence-corrected chi connectivity index (χ2v) is 6.99. The normalized spacial score (nSPS) is 14.7. The van der Waals surface area contributed by atoms with E-state index in [1.54, 1.807) is 25.4 Å². The number of benzene rings is 1. The lowest BCUT2D eigenvalue weighted by Crippen LogP contribution is -2.41. The van der Waals surface area contributed by atoms with E-state index in [0.717, 1.165) is 62.7 Å². The van der Waals surface area contributed by atoms with Crippen LogP contribution in [0.25, 0.3) is 0 Å². The summed E-state index contributed by atoms with van der Waals surface area (Å²) in [6, 6.07) is 12.8. The summed E-state index contributed by atoms with van der Waals surface area (Å²) in [5.41, 5.74) is 1.12. The lowest BCUT2D eigenvalue weighted by Gasteiger charge is -2.19. The number of anilines is 1. The average Bonchev–Trinajstić information content (AvgIpc) is 3.49. The molecule has 0 spiro atoms. The second kappa shape index (κ2) is 11.2. The predicted octanol–water partition coefficient (Wildman–Crippen LogP) is 3.93. The molecule has 0 radical (unpaired) electrons. The van der Waals surface area contributed by atoms with Crippen LogP contribution < -0.4 is 16.0 Å². The Morgan fingerprint density at radius 1 is 1.11 bits per heavy atom. The maximum absolute atomic E-state index is 13.5. The first-order valence-electron chi connectivity index (χ1n) is 9.57. The van der Waals surface area contributed by atoms with Crippen LogP contribution in [0, 0.1) is 5.82 Å². The van der Waals surface area contributed by atoms with Gasteiger partial charge < -0.3 is 16.0 Å². The fraction of sp³-hybridized carbons (Fsp3) is 0.429. The van der Waals surface area contributed by atoms with Crippen molar-refractivity contribution in [2.75, 3.05) is 32.0 Å². The number of aromatic nitrogens is 1. The van der Waals surface area contributed by atoms with Crippen LogP contribution >= 0.6 is 24.0 Å². The van der Waals surface area contributed by atoms with Crippen molar-refractivity contribution in [3.63, 3.8) is 0 Å². The van der Waals surface area contributed by atoms with Crippen molar-refractivity contribution in [1.82, 2.24) is 15.6 Å². The third-order valence-corrected chi connectivity index (χ3v) is 4.98. The number of guanidine groups is 1. The Labute approximate surface area is 183 Å². The molecule has 5 nitrogen and oxygen atoms in total. The molecule has 1 saturated carbocycles. The molecule has 1 aliphatic rings. The van der Waals surface area contributed by atoms with Gasteiger partial charge in [-0.25, -0.2) is 9.37 Å². The SMILES string of the molecule is CN=C(NCCCCNc1ccccn1)NCC1(c2cccc(F)c2)CC1.I. The van der Waals surface area contributed by atoms with Crippen LogP contribution in [0.1, 0.15) is 31.2 Å². The number of aliphatic imine (C=N–C) groups is 1. The van der Waals surface area contributed by atoms with Crippen LogP contribution in [-0.4, -0.2) is 37.6 Å². The van der Waals surface area contributed by atoms with Crippen LogP contribution in [0.4, 0.5) is 10.2 Å². The summed E-state index contributed by atoms with van der Waals surface area (Å²) >= 11 is 0. The molecule has 28 heavy (non-hydrogen) atoms. The minimum absolute atomic E-state index is 0. The van der Waals surface area contributed by atoms with E-state index in [1.165, 1.54) is 6.07 Å². The lowest BCUT2D eigenvalue weighted by atomic mass is 9.96. The Morgan fingerprint density at radius 3 is 2.61 bits per heavy atom. The third kappa shape index (κ3) is 6.61. The highest BCUT2D eigenvalue weighted by atomic mass is 127. The van der Waals surface area contributed by atoms with E-state index >= 15 is 0 Å². The summed E-state index contributed by atoms with van der Waals surface area (Å²) in [6.07, 6.45) is 6.04. The summed E-state index contributed by atoms with van der Waals surface area (Å²) in [6.45, 7) is 2.53. The van der Waals surface area contributed by atoms with Crippen molar-refractivity contribution in [1.29, 1.82) is 0 Å². The number of rotatable bonds is 9. The van der Waals surface area contributed by atoms with Crippen LogP contribution in [0.2, 0.25) is 0 Å². The van der Waals surface area contributed by atoms with Crippen molar-refractivity contribution in [3.05, 3.63) is 60.0 Å². The van der Waals surface area contributed by atoms with Gasteiger partial charge in [-0.15, -0.1) is 24.0 Å². The molecule has 0 bridgehead atoms. The summed E-state index contributed by atoms with van der Waals surface area (Å²) in [7, 11) is 1.78. The number of nitrogens with one attached hydrogen (secondary N) is 3. The molecule has 0 amide bonds. The second-order valence-electron chi connectivity index (χ2n) is 6.99. The maximum Gasteiger partial charge on any atom is 0.191 e. The fourth-order valence-electron chi connectivity index (χ4n) is 3.15. The largest absolute Gasteiger partial charge is 0.370 e. The molecule has 1 aromatic carbocycles. The van der Waals surface area contributed by atoms with Crippen molar-refractivity contribution in [3.8, 4) is 0 Å². The molecule has 2 aromatic rings. The van der Waals surface area contributed by atoms with Gasteiger partial charge in [-0.05, 0) is 55.5 Å². The van der Waals surface area contributed by atoms with Crippen molar-refractivity contribution >= 4 is 35.8 Å². The number of pyridine rings is 1. The van der Waals surface area contributed by atoms with E-state index in [0.29, 0.717) is 0 Å². The van der Waals surface area contributed by atoms with Crippen LogP contribution in [0.15, 0.2) is 53.7 Å². The van der Waals surface area contributed by atoms with Crippen LogP contribution in [0.5, 0.6) is 0 Å². The van der Waals surface area contributed by atoms with E-state index < -0.39 is 0 Å². The Morgan fingerprint density at radius 2 is 1.93 bits per heavy atom. The van der Waals surface area contributed by atoms with Gasteiger partial charge in [-0.1, -0.05) is 18.2 Å². The van der Waals surface area contributed by atoms with Gasteiger partial charge in [0.25, 0.3) is 0 Å². The van der Waals surface area contributed by atoms with Crippen molar-refractivity contribution in [2.24, 2.45) is 4.99 Å². The van der Waals surface area contributed by atoms with Gasteiger partial charge in [0.2, 0.25) is 0 Å². The highest BCUT2D eigenvalue weighted by Gasteiger charge is 2.44. The van der Waals surface area contributed by atoms with Crippen LogP contribution in [0.3, 0.4) is 0 Å². The van der Waals surface area contributed by atoms with E-state index in [4.69, 9.17) is 0 Å². The van der Waals surface area contributed by atoms with E-state index in [1.807, 2.05) is 24.3 Å². The summed E-state index contributed by atoms with van der Waals surface area (Å²) in [5, 5.41) is 10.1. The van der Waals surface area contributed by atoms with Gasteiger partial charge in [-0.3, -0.25) is 4.99 Å². The van der Waals surface area contributed by atoms with Gasteiger partial charge in [0.15, 0.2) is 5.96 Å². The van der Waals surface area contributed by atoms with Gasteiger partial charge >= 0.3 is 0 Å².